The summed E-state index contributed by atoms with van der Waals surface area (Å²) in [7, 11) is 0. The van der Waals surface area contributed by atoms with E-state index in [-0.39, 0.29) is 0 Å². The fourth-order valence-corrected chi connectivity index (χ4v) is 8.50. The number of thiophene rings is 1. The van der Waals surface area contributed by atoms with Gasteiger partial charge in [-0.25, -0.2) is 0 Å². The second kappa shape index (κ2) is 8.57. The molecule has 0 atom stereocenters. The van der Waals surface area contributed by atoms with Gasteiger partial charge in [0, 0.05) is 42.7 Å². The third kappa shape index (κ3) is 3.12. The summed E-state index contributed by atoms with van der Waals surface area (Å²) >= 11 is 1.90. The van der Waals surface area contributed by atoms with Crippen molar-refractivity contribution in [3.63, 3.8) is 0 Å². The van der Waals surface area contributed by atoms with Gasteiger partial charge in [-0.15, -0.1) is 11.3 Å². The molecule has 0 fully saturated rings. The Kier molecular flexibility index (Phi) is 4.63. The lowest BCUT2D eigenvalue weighted by atomic mass is 10.1. The van der Waals surface area contributed by atoms with Gasteiger partial charge in [0.05, 0.1) is 32.5 Å². The summed E-state index contributed by atoms with van der Waals surface area (Å²) in [6.07, 6.45) is 0. The van der Waals surface area contributed by atoms with Crippen molar-refractivity contribution in [2.75, 3.05) is 0 Å². The Morgan fingerprint density at radius 3 is 1.98 bits per heavy atom. The van der Waals surface area contributed by atoms with Crippen LogP contribution in [0.15, 0.2) is 146 Å². The molecule has 43 heavy (non-hydrogen) atoms. The van der Waals surface area contributed by atoms with Crippen LogP contribution in [0.2, 0.25) is 0 Å². The van der Waals surface area contributed by atoms with Gasteiger partial charge < -0.3 is 9.13 Å². The fraction of sp³-hybridized carbons (Fsp3) is 0. The number of aromatic nitrogens is 2. The standard InChI is InChI=1S/C40H24N2S/c1-2-11-26-24-27(21-20-25(26)10-1)41-34-16-7-4-14-32(34)38-35(41)17-9-18-36(38)42-33-15-6-3-12-28(33)30-22-23-31-29-13-5-8-19-37(29)43-40(31)39(30)42/h1-24H. The topological polar surface area (TPSA) is 9.86 Å². The van der Waals surface area contributed by atoms with Crippen LogP contribution in [0.5, 0.6) is 0 Å². The van der Waals surface area contributed by atoms with Crippen molar-refractivity contribution in [1.29, 1.82) is 0 Å². The molecule has 0 spiro atoms. The van der Waals surface area contributed by atoms with Gasteiger partial charge in [-0.2, -0.15) is 0 Å². The minimum Gasteiger partial charge on any atom is -0.309 e. The molecule has 0 aliphatic rings. The summed E-state index contributed by atoms with van der Waals surface area (Å²) in [4.78, 5) is 0. The highest BCUT2D eigenvalue weighted by Gasteiger charge is 2.21. The summed E-state index contributed by atoms with van der Waals surface area (Å²) in [5, 5.41) is 10.3. The maximum absolute atomic E-state index is 2.53. The number of benzene rings is 7. The molecule has 7 aromatic carbocycles. The number of para-hydroxylation sites is 2. The van der Waals surface area contributed by atoms with E-state index in [2.05, 4.69) is 155 Å². The average Bonchev–Trinajstić information content (AvgIpc) is 3.72. The Morgan fingerprint density at radius 2 is 1.09 bits per heavy atom. The Bertz CT molecular complexity index is 2740. The Labute approximate surface area is 251 Å². The van der Waals surface area contributed by atoms with Crippen molar-refractivity contribution in [3.05, 3.63) is 146 Å². The van der Waals surface area contributed by atoms with Crippen LogP contribution in [-0.2, 0) is 0 Å². The van der Waals surface area contributed by atoms with Crippen molar-refractivity contribution in [2.45, 2.75) is 0 Å². The molecule has 0 bridgehead atoms. The van der Waals surface area contributed by atoms with E-state index in [4.69, 9.17) is 0 Å². The van der Waals surface area contributed by atoms with Gasteiger partial charge in [0.25, 0.3) is 0 Å². The van der Waals surface area contributed by atoms with Crippen LogP contribution >= 0.6 is 11.3 Å². The quantitative estimate of drug-likeness (QED) is 0.198. The van der Waals surface area contributed by atoms with E-state index in [1.54, 1.807) is 0 Å². The van der Waals surface area contributed by atoms with E-state index in [9.17, 15) is 0 Å². The number of rotatable bonds is 2. The highest BCUT2D eigenvalue weighted by molar-refractivity contribution is 7.26. The van der Waals surface area contributed by atoms with Gasteiger partial charge in [0.1, 0.15) is 0 Å². The van der Waals surface area contributed by atoms with E-state index in [0.29, 0.717) is 0 Å². The fourth-order valence-electron chi connectivity index (χ4n) is 7.26. The maximum Gasteiger partial charge on any atom is 0.0720 e. The minimum absolute atomic E-state index is 1.18. The zero-order valence-electron chi connectivity index (χ0n) is 23.2. The zero-order chi connectivity index (χ0) is 28.1. The molecule has 0 aliphatic carbocycles. The number of nitrogens with zero attached hydrogens (tertiary/aromatic N) is 2. The summed E-state index contributed by atoms with van der Waals surface area (Å²) in [5.41, 5.74) is 7.34. The number of fused-ring (bicyclic) bond motifs is 11. The first-order valence-electron chi connectivity index (χ1n) is 14.7. The molecule has 10 rings (SSSR count). The zero-order valence-corrected chi connectivity index (χ0v) is 24.0. The third-order valence-electron chi connectivity index (χ3n) is 9.09. The van der Waals surface area contributed by atoms with Crippen molar-refractivity contribution < 1.29 is 0 Å². The molecule has 0 radical (unpaired) electrons. The molecule has 0 unspecified atom stereocenters. The molecular formula is C40H24N2S. The van der Waals surface area contributed by atoms with Crippen LogP contribution in [0.1, 0.15) is 0 Å². The predicted octanol–water partition coefficient (Wildman–Crippen LogP) is 11.4. The van der Waals surface area contributed by atoms with Crippen LogP contribution in [0.3, 0.4) is 0 Å². The van der Waals surface area contributed by atoms with E-state index in [0.717, 1.165) is 0 Å². The van der Waals surface area contributed by atoms with Crippen molar-refractivity contribution in [1.82, 2.24) is 9.13 Å². The first-order valence-corrected chi connectivity index (χ1v) is 15.5. The highest BCUT2D eigenvalue weighted by Crippen LogP contribution is 2.45. The van der Waals surface area contributed by atoms with Gasteiger partial charge >= 0.3 is 0 Å². The Morgan fingerprint density at radius 1 is 0.419 bits per heavy atom. The Hall–Kier alpha value is -5.38. The second-order valence-corrected chi connectivity index (χ2v) is 12.4. The lowest BCUT2D eigenvalue weighted by molar-refractivity contribution is 1.17. The average molecular weight is 565 g/mol. The molecule has 200 valence electrons. The molecule has 0 saturated carbocycles. The van der Waals surface area contributed by atoms with E-state index < -0.39 is 0 Å². The molecule has 0 aliphatic heterocycles. The Balaban J connectivity index is 1.39. The largest absolute Gasteiger partial charge is 0.309 e. The number of hydrogen-bond acceptors (Lipinski definition) is 1. The molecule has 2 nitrogen and oxygen atoms in total. The molecule has 3 heteroatoms. The molecule has 0 N–H and O–H groups in total. The van der Waals surface area contributed by atoms with Crippen LogP contribution in [0.25, 0.3) is 85.9 Å². The van der Waals surface area contributed by atoms with Crippen LogP contribution < -0.4 is 0 Å². The SMILES string of the molecule is c1ccc2cc(-n3c4ccccc4c4c(-n5c6ccccc6c6ccc7c8ccccc8sc7c65)cccc43)ccc2c1. The van der Waals surface area contributed by atoms with Gasteiger partial charge in [-0.3, -0.25) is 0 Å². The van der Waals surface area contributed by atoms with Gasteiger partial charge in [-0.05, 0) is 53.2 Å². The van der Waals surface area contributed by atoms with Crippen LogP contribution in [0, 0.1) is 0 Å². The van der Waals surface area contributed by atoms with Crippen LogP contribution in [0.4, 0.5) is 0 Å². The van der Waals surface area contributed by atoms with E-state index in [1.165, 1.54) is 85.9 Å². The van der Waals surface area contributed by atoms with E-state index >= 15 is 0 Å². The van der Waals surface area contributed by atoms with Crippen molar-refractivity contribution >= 4 is 85.9 Å². The number of hydrogen-bond donors (Lipinski definition) is 0. The lowest BCUT2D eigenvalue weighted by Crippen LogP contribution is -1.96. The highest BCUT2D eigenvalue weighted by atomic mass is 32.1. The summed E-state index contributed by atoms with van der Waals surface area (Å²) in [6.45, 7) is 0. The molecule has 3 aromatic heterocycles. The smallest absolute Gasteiger partial charge is 0.0720 e. The van der Waals surface area contributed by atoms with Gasteiger partial charge in [0.15, 0.2) is 0 Å². The van der Waals surface area contributed by atoms with Gasteiger partial charge in [-0.1, -0.05) is 103 Å². The van der Waals surface area contributed by atoms with Crippen molar-refractivity contribution in [3.8, 4) is 11.4 Å². The van der Waals surface area contributed by atoms with Crippen LogP contribution in [-0.4, -0.2) is 9.13 Å². The van der Waals surface area contributed by atoms with Crippen molar-refractivity contribution in [2.24, 2.45) is 0 Å². The predicted molar refractivity (Wildman–Crippen MR) is 186 cm³/mol. The maximum atomic E-state index is 2.53. The van der Waals surface area contributed by atoms with Gasteiger partial charge in [0.2, 0.25) is 0 Å². The molecule has 0 saturated heterocycles. The lowest BCUT2D eigenvalue weighted by Gasteiger charge is -2.12. The molecule has 3 heterocycles. The summed E-state index contributed by atoms with van der Waals surface area (Å²) in [6, 6.07) is 53.4. The summed E-state index contributed by atoms with van der Waals surface area (Å²) < 4.78 is 7.63. The monoisotopic (exact) mass is 564 g/mol. The first kappa shape index (κ1) is 23.2. The summed E-state index contributed by atoms with van der Waals surface area (Å²) in [5.74, 6) is 0. The minimum atomic E-state index is 1.18. The molecule has 10 aromatic rings. The first-order chi connectivity index (χ1) is 21.3. The second-order valence-electron chi connectivity index (χ2n) is 11.3. The third-order valence-corrected chi connectivity index (χ3v) is 10.3. The normalized spacial score (nSPS) is 12.2. The van der Waals surface area contributed by atoms with E-state index in [1.807, 2.05) is 11.3 Å². The molecular weight excluding hydrogens is 541 g/mol. The molecule has 0 amide bonds.